The molecule has 0 radical (unpaired) electrons. The van der Waals surface area contributed by atoms with Crippen molar-refractivity contribution in [1.29, 1.82) is 0 Å². The minimum absolute atomic E-state index is 0.00694. The predicted molar refractivity (Wildman–Crippen MR) is 132 cm³/mol. The second kappa shape index (κ2) is 16.5. The van der Waals surface area contributed by atoms with E-state index in [4.69, 9.17) is 4.52 Å². The molecule has 0 aliphatic heterocycles. The molecule has 0 aromatic rings. The molecular formula is C21H51NO5PS+. The first-order chi connectivity index (χ1) is 12.6. The van der Waals surface area contributed by atoms with Crippen molar-refractivity contribution in [2.75, 3.05) is 42.0 Å². The Morgan fingerprint density at radius 1 is 0.966 bits per heavy atom. The summed E-state index contributed by atoms with van der Waals surface area (Å²) in [7, 11) is 5.01. The van der Waals surface area contributed by atoms with Crippen LogP contribution in [0.3, 0.4) is 0 Å². The van der Waals surface area contributed by atoms with Crippen LogP contribution in [0.5, 0.6) is 0 Å². The summed E-state index contributed by atoms with van der Waals surface area (Å²) < 4.78 is 32.4. The van der Waals surface area contributed by atoms with Gasteiger partial charge in [-0.25, -0.2) is 4.21 Å². The first kappa shape index (κ1) is 36.2. The van der Waals surface area contributed by atoms with Crippen molar-refractivity contribution in [3.05, 3.63) is 0 Å². The summed E-state index contributed by atoms with van der Waals surface area (Å²) in [4.78, 5) is 10.1. The minimum Gasteiger partial charge on any atom is -0.332 e. The van der Waals surface area contributed by atoms with E-state index in [1.807, 2.05) is 41.5 Å². The molecule has 0 spiro atoms. The summed E-state index contributed by atoms with van der Waals surface area (Å²) in [6.07, 6.45) is 0. The van der Waals surface area contributed by atoms with Gasteiger partial charge in [0.15, 0.2) is 0 Å². The molecule has 6 nitrogen and oxygen atoms in total. The molecule has 0 rings (SSSR count). The standard InChI is InChI=1S/C6H16N.C5H13O2P.C5H12O2S.C5H10O/c1-6(2)7(3,4)5;2*1-5(2)8(4,6)7-3;1-4(2)5(3)6/h6H,1-5H3;5H,1-4H3;5H,4H2,1-3H3;4H,1-3H3/q+1;;;. The van der Waals surface area contributed by atoms with Gasteiger partial charge in [-0.3, -0.25) is 9.36 Å². The predicted octanol–water partition coefficient (Wildman–Crippen LogP) is 4.95. The fourth-order valence-electron chi connectivity index (χ4n) is 0.403. The van der Waals surface area contributed by atoms with Crippen molar-refractivity contribution in [3.8, 4) is 0 Å². The lowest BCUT2D eigenvalue weighted by Crippen LogP contribution is -2.41. The van der Waals surface area contributed by atoms with Gasteiger partial charge in [-0.1, -0.05) is 27.7 Å². The van der Waals surface area contributed by atoms with Crippen LogP contribution in [0, 0.1) is 5.92 Å². The van der Waals surface area contributed by atoms with E-state index >= 15 is 0 Å². The van der Waals surface area contributed by atoms with E-state index in [2.05, 4.69) is 45.0 Å². The molecule has 0 bridgehead atoms. The van der Waals surface area contributed by atoms with Gasteiger partial charge >= 0.3 is 0 Å². The third-order valence-electron chi connectivity index (χ3n) is 4.66. The summed E-state index contributed by atoms with van der Waals surface area (Å²) in [5.74, 6) is 3.87. The summed E-state index contributed by atoms with van der Waals surface area (Å²) in [5, 5.41) is 0.00694. The second-order valence-electron chi connectivity index (χ2n) is 9.04. The zero-order chi connectivity index (χ0) is 24.8. The molecule has 0 saturated heterocycles. The van der Waals surface area contributed by atoms with E-state index in [-0.39, 0.29) is 22.6 Å². The molecule has 180 valence electrons. The summed E-state index contributed by atoms with van der Waals surface area (Å²) in [6, 6.07) is 0.736. The van der Waals surface area contributed by atoms with E-state index < -0.39 is 17.2 Å². The van der Waals surface area contributed by atoms with Crippen molar-refractivity contribution in [3.63, 3.8) is 0 Å². The molecule has 29 heavy (non-hydrogen) atoms. The van der Waals surface area contributed by atoms with Crippen LogP contribution in [0.2, 0.25) is 0 Å². The first-order valence-corrected chi connectivity index (χ1v) is 13.8. The highest BCUT2D eigenvalue weighted by molar-refractivity contribution is 7.96. The Hall–Kier alpha value is -0.200. The number of hydrogen-bond acceptors (Lipinski definition) is 5. The largest absolute Gasteiger partial charge is 0.332 e. The molecule has 0 aromatic heterocycles. The van der Waals surface area contributed by atoms with Crippen LogP contribution in [-0.2, 0) is 27.9 Å². The molecule has 0 N–H and O–H groups in total. The average Bonchev–Trinajstić information content (AvgIpc) is 2.55. The lowest BCUT2D eigenvalue weighted by atomic mass is 10.1. The van der Waals surface area contributed by atoms with Gasteiger partial charge in [0.05, 0.1) is 44.1 Å². The Balaban J connectivity index is -0.000000145. The van der Waals surface area contributed by atoms with Crippen molar-refractivity contribution in [2.24, 2.45) is 5.92 Å². The van der Waals surface area contributed by atoms with E-state index in [1.54, 1.807) is 13.6 Å². The lowest BCUT2D eigenvalue weighted by Gasteiger charge is -2.28. The molecule has 2 atom stereocenters. The smallest absolute Gasteiger partial charge is 0.202 e. The third-order valence-corrected chi connectivity index (χ3v) is 9.26. The molecule has 0 aliphatic carbocycles. The number of ketones is 1. The topological polar surface area (TPSA) is 69.7 Å². The Labute approximate surface area is 183 Å². The Kier molecular flexibility index (Phi) is 20.6. The highest BCUT2D eigenvalue weighted by Gasteiger charge is 2.17. The van der Waals surface area contributed by atoms with Crippen LogP contribution >= 0.6 is 7.37 Å². The van der Waals surface area contributed by atoms with Crippen LogP contribution < -0.4 is 0 Å². The SMILES string of the molecule is C=S(=O)(OC)C(C)C.CC(=O)C(C)C.CC(C)[N+](C)(C)C.COP(C)(=O)C(C)C. The molecule has 0 aromatic carbocycles. The number of Topliss-reactive ketones (excluding diaryl/α,β-unsaturated/α-hetero) is 1. The number of rotatable bonds is 6. The Morgan fingerprint density at radius 3 is 1.24 bits per heavy atom. The number of nitrogens with zero attached hydrogens (tertiary/aromatic N) is 1. The lowest BCUT2D eigenvalue weighted by molar-refractivity contribution is -0.891. The maximum absolute atomic E-state index is 11.1. The molecule has 0 saturated carbocycles. The zero-order valence-corrected chi connectivity index (χ0v) is 23.6. The Morgan fingerprint density at radius 2 is 1.24 bits per heavy atom. The van der Waals surface area contributed by atoms with Gasteiger partial charge in [-0.15, -0.1) is 0 Å². The second-order valence-corrected chi connectivity index (χ2v) is 14.9. The van der Waals surface area contributed by atoms with Gasteiger partial charge in [0, 0.05) is 30.6 Å². The van der Waals surface area contributed by atoms with Crippen LogP contribution in [0.15, 0.2) is 0 Å². The molecule has 2 unspecified atom stereocenters. The third kappa shape index (κ3) is 23.9. The van der Waals surface area contributed by atoms with Gasteiger partial charge in [-0.2, -0.15) is 0 Å². The number of carbonyl (C=O) groups is 1. The first-order valence-electron chi connectivity index (χ1n) is 9.96. The van der Waals surface area contributed by atoms with Gasteiger partial charge < -0.3 is 13.2 Å². The quantitative estimate of drug-likeness (QED) is 0.318. The van der Waals surface area contributed by atoms with Crippen molar-refractivity contribution in [2.45, 2.75) is 79.3 Å². The van der Waals surface area contributed by atoms with Gasteiger partial charge in [0.25, 0.3) is 0 Å². The zero-order valence-electron chi connectivity index (χ0n) is 21.9. The minimum atomic E-state index is -2.25. The van der Waals surface area contributed by atoms with E-state index in [1.165, 1.54) is 14.2 Å². The monoisotopic (exact) mass is 460 g/mol. The summed E-state index contributed by atoms with van der Waals surface area (Å²) >= 11 is 0. The van der Waals surface area contributed by atoms with Crippen LogP contribution in [-0.4, -0.2) is 79.3 Å². The van der Waals surface area contributed by atoms with Crippen LogP contribution in [0.4, 0.5) is 0 Å². The van der Waals surface area contributed by atoms with Crippen LogP contribution in [0.1, 0.15) is 62.3 Å². The molecule has 0 amide bonds. The molecule has 0 aliphatic rings. The van der Waals surface area contributed by atoms with E-state index in [9.17, 15) is 13.6 Å². The summed E-state index contributed by atoms with van der Waals surface area (Å²) in [6.45, 7) is 18.9. The fraction of sp³-hybridized carbons (Fsp3) is 0.905. The highest BCUT2D eigenvalue weighted by Crippen LogP contribution is 2.46. The van der Waals surface area contributed by atoms with Gasteiger partial charge in [0.1, 0.15) is 5.78 Å². The highest BCUT2D eigenvalue weighted by atomic mass is 32.2. The Bertz CT molecular complexity index is 562. The normalized spacial score (nSPS) is 15.3. The average molecular weight is 461 g/mol. The number of hydrogen-bond donors (Lipinski definition) is 0. The molecule has 0 heterocycles. The maximum Gasteiger partial charge on any atom is 0.202 e. The molecule has 8 heteroatoms. The maximum atomic E-state index is 11.1. The molecular weight excluding hydrogens is 409 g/mol. The van der Waals surface area contributed by atoms with Gasteiger partial charge in [-0.05, 0) is 40.5 Å². The van der Waals surface area contributed by atoms with E-state index in [0.717, 1.165) is 10.5 Å². The van der Waals surface area contributed by atoms with Gasteiger partial charge in [0.2, 0.25) is 7.37 Å². The van der Waals surface area contributed by atoms with Crippen molar-refractivity contribution in [1.82, 2.24) is 0 Å². The number of quaternary nitrogens is 1. The van der Waals surface area contributed by atoms with E-state index in [0.29, 0.717) is 0 Å². The fourth-order valence-corrected chi connectivity index (χ4v) is 1.21. The van der Waals surface area contributed by atoms with Crippen LogP contribution in [0.25, 0.3) is 0 Å². The molecule has 0 fully saturated rings. The van der Waals surface area contributed by atoms with Crippen molar-refractivity contribution < 1.29 is 26.8 Å². The summed E-state index contributed by atoms with van der Waals surface area (Å²) in [5.41, 5.74) is 0.146. The van der Waals surface area contributed by atoms with Crippen molar-refractivity contribution >= 4 is 28.8 Å². The number of carbonyl (C=O) groups excluding carboxylic acids is 1.